The highest BCUT2D eigenvalue weighted by molar-refractivity contribution is 7.80. The molecule has 1 amide bonds. The van der Waals surface area contributed by atoms with Gasteiger partial charge in [-0.25, -0.2) is 0 Å². The first-order valence-corrected chi connectivity index (χ1v) is 9.32. The number of aryl methyl sites for hydroxylation is 1. The third-order valence-corrected chi connectivity index (χ3v) is 3.90. The highest BCUT2D eigenvalue weighted by Gasteiger charge is 2.09. The van der Waals surface area contributed by atoms with Gasteiger partial charge in [0.15, 0.2) is 5.11 Å². The maximum atomic E-state index is 11.8. The minimum atomic E-state index is -0.0845. The summed E-state index contributed by atoms with van der Waals surface area (Å²) < 4.78 is 5.89. The zero-order valence-electron chi connectivity index (χ0n) is 15.3. The SMILES string of the molecule is CC(C)CC(=O)NC(=S)Nc1ccccc1OCCCc1ccccc1. The Morgan fingerprint density at radius 2 is 1.77 bits per heavy atom. The summed E-state index contributed by atoms with van der Waals surface area (Å²) in [5, 5.41) is 6.04. The van der Waals surface area contributed by atoms with Crippen LogP contribution in [0.15, 0.2) is 54.6 Å². The Bertz CT molecular complexity index is 717. The summed E-state index contributed by atoms with van der Waals surface area (Å²) in [5.74, 6) is 0.929. The first-order valence-electron chi connectivity index (χ1n) is 8.91. The van der Waals surface area contributed by atoms with Crippen LogP contribution in [0.1, 0.15) is 32.3 Å². The van der Waals surface area contributed by atoms with Crippen LogP contribution in [0, 0.1) is 5.92 Å². The fourth-order valence-electron chi connectivity index (χ4n) is 2.50. The van der Waals surface area contributed by atoms with E-state index in [4.69, 9.17) is 17.0 Å². The Hall–Kier alpha value is -2.40. The third-order valence-electron chi connectivity index (χ3n) is 3.69. The number of carbonyl (C=O) groups excluding carboxylic acids is 1. The number of anilines is 1. The van der Waals surface area contributed by atoms with Crippen molar-refractivity contribution in [3.05, 3.63) is 60.2 Å². The second kappa shape index (κ2) is 10.6. The van der Waals surface area contributed by atoms with Crippen LogP contribution >= 0.6 is 12.2 Å². The van der Waals surface area contributed by atoms with Crippen LogP contribution in [0.4, 0.5) is 5.69 Å². The lowest BCUT2D eigenvalue weighted by atomic mass is 10.1. The van der Waals surface area contributed by atoms with Crippen LogP contribution in [0.5, 0.6) is 5.75 Å². The number of thiocarbonyl (C=S) groups is 1. The molecule has 0 aliphatic rings. The molecule has 0 unspecified atom stereocenters. The Morgan fingerprint density at radius 1 is 1.08 bits per heavy atom. The third kappa shape index (κ3) is 7.23. The topological polar surface area (TPSA) is 50.4 Å². The molecule has 2 rings (SSSR count). The van der Waals surface area contributed by atoms with Gasteiger partial charge < -0.3 is 15.4 Å². The lowest BCUT2D eigenvalue weighted by Crippen LogP contribution is -2.34. The van der Waals surface area contributed by atoms with Crippen LogP contribution in [0.2, 0.25) is 0 Å². The molecule has 0 radical (unpaired) electrons. The predicted octanol–water partition coefficient (Wildman–Crippen LogP) is 4.56. The average Bonchev–Trinajstić information content (AvgIpc) is 2.60. The van der Waals surface area contributed by atoms with Crippen molar-refractivity contribution in [1.29, 1.82) is 0 Å². The summed E-state index contributed by atoms with van der Waals surface area (Å²) in [5.41, 5.74) is 2.05. The molecule has 138 valence electrons. The van der Waals surface area contributed by atoms with E-state index >= 15 is 0 Å². The van der Waals surface area contributed by atoms with Crippen LogP contribution in [0.3, 0.4) is 0 Å². The van der Waals surface area contributed by atoms with E-state index in [2.05, 4.69) is 22.8 Å². The Morgan fingerprint density at radius 3 is 2.50 bits per heavy atom. The molecule has 0 atom stereocenters. The molecule has 2 aromatic rings. The number of amides is 1. The van der Waals surface area contributed by atoms with Crippen molar-refractivity contribution >= 4 is 28.9 Å². The highest BCUT2D eigenvalue weighted by Crippen LogP contribution is 2.24. The number of benzene rings is 2. The zero-order chi connectivity index (χ0) is 18.8. The largest absolute Gasteiger partial charge is 0.491 e. The van der Waals surface area contributed by atoms with Gasteiger partial charge in [-0.05, 0) is 48.7 Å². The van der Waals surface area contributed by atoms with E-state index in [-0.39, 0.29) is 16.9 Å². The lowest BCUT2D eigenvalue weighted by molar-refractivity contribution is -0.120. The fraction of sp³-hybridized carbons (Fsp3) is 0.333. The maximum absolute atomic E-state index is 11.8. The smallest absolute Gasteiger partial charge is 0.226 e. The van der Waals surface area contributed by atoms with Gasteiger partial charge in [0.2, 0.25) is 5.91 Å². The summed E-state index contributed by atoms with van der Waals surface area (Å²) in [4.78, 5) is 11.8. The van der Waals surface area contributed by atoms with Gasteiger partial charge in [0.05, 0.1) is 12.3 Å². The van der Waals surface area contributed by atoms with E-state index in [1.54, 1.807) is 0 Å². The molecule has 0 saturated carbocycles. The van der Waals surface area contributed by atoms with E-state index in [0.29, 0.717) is 13.0 Å². The summed E-state index contributed by atoms with van der Waals surface area (Å²) >= 11 is 5.23. The minimum Gasteiger partial charge on any atom is -0.491 e. The van der Waals surface area contributed by atoms with Crippen molar-refractivity contribution in [3.8, 4) is 5.75 Å². The molecular weight excluding hydrogens is 344 g/mol. The van der Waals surface area contributed by atoms with E-state index in [1.165, 1.54) is 5.56 Å². The monoisotopic (exact) mass is 370 g/mol. The number of hydrogen-bond acceptors (Lipinski definition) is 3. The minimum absolute atomic E-state index is 0.0845. The van der Waals surface area contributed by atoms with Gasteiger partial charge in [-0.2, -0.15) is 0 Å². The molecule has 0 aliphatic heterocycles. The van der Waals surface area contributed by atoms with Gasteiger partial charge in [-0.15, -0.1) is 0 Å². The second-order valence-electron chi connectivity index (χ2n) is 6.53. The molecule has 2 aromatic carbocycles. The summed E-state index contributed by atoms with van der Waals surface area (Å²) in [7, 11) is 0. The molecule has 0 aromatic heterocycles. The summed E-state index contributed by atoms with van der Waals surface area (Å²) in [6, 6.07) is 17.9. The first kappa shape index (κ1) is 19.9. The molecule has 4 nitrogen and oxygen atoms in total. The molecule has 0 saturated heterocycles. The molecule has 5 heteroatoms. The van der Waals surface area contributed by atoms with E-state index < -0.39 is 0 Å². The summed E-state index contributed by atoms with van der Waals surface area (Å²) in [6.07, 6.45) is 2.34. The number of rotatable bonds is 8. The number of hydrogen-bond donors (Lipinski definition) is 2. The predicted molar refractivity (Wildman–Crippen MR) is 111 cm³/mol. The van der Waals surface area contributed by atoms with Crippen molar-refractivity contribution in [1.82, 2.24) is 5.32 Å². The van der Waals surface area contributed by atoms with Gasteiger partial charge in [0.1, 0.15) is 5.75 Å². The molecule has 0 fully saturated rings. The number of ether oxygens (including phenoxy) is 1. The van der Waals surface area contributed by atoms with Crippen molar-refractivity contribution < 1.29 is 9.53 Å². The van der Waals surface area contributed by atoms with Gasteiger partial charge >= 0.3 is 0 Å². The molecule has 0 bridgehead atoms. The quantitative estimate of drug-likeness (QED) is 0.528. The number of nitrogens with one attached hydrogen (secondary N) is 2. The van der Waals surface area contributed by atoms with E-state index in [9.17, 15) is 4.79 Å². The lowest BCUT2D eigenvalue weighted by Gasteiger charge is -2.14. The molecule has 26 heavy (non-hydrogen) atoms. The molecule has 0 aliphatic carbocycles. The van der Waals surface area contributed by atoms with Gasteiger partial charge in [0, 0.05) is 6.42 Å². The normalized spacial score (nSPS) is 10.4. The Kier molecular flexibility index (Phi) is 8.09. The first-order chi connectivity index (χ1) is 12.5. The Labute approximate surface area is 161 Å². The zero-order valence-corrected chi connectivity index (χ0v) is 16.1. The van der Waals surface area contributed by atoms with Crippen LogP contribution in [-0.2, 0) is 11.2 Å². The fourth-order valence-corrected chi connectivity index (χ4v) is 2.72. The number of carbonyl (C=O) groups is 1. The molecular formula is C21H26N2O2S. The average molecular weight is 371 g/mol. The second-order valence-corrected chi connectivity index (χ2v) is 6.94. The van der Waals surface area contributed by atoms with Crippen molar-refractivity contribution in [2.75, 3.05) is 11.9 Å². The highest BCUT2D eigenvalue weighted by atomic mass is 32.1. The van der Waals surface area contributed by atoms with E-state index in [0.717, 1.165) is 24.3 Å². The molecule has 2 N–H and O–H groups in total. The standard InChI is InChI=1S/C21H26N2O2S/c1-16(2)15-20(24)23-21(26)22-18-12-6-7-13-19(18)25-14-8-11-17-9-4-3-5-10-17/h3-7,9-10,12-13,16H,8,11,14-15H2,1-2H3,(H2,22,23,24,26). The van der Waals surface area contributed by atoms with Crippen molar-refractivity contribution in [2.45, 2.75) is 33.1 Å². The molecule has 0 spiro atoms. The number of para-hydroxylation sites is 2. The van der Waals surface area contributed by atoms with E-state index in [1.807, 2.05) is 56.3 Å². The Balaban J connectivity index is 1.83. The van der Waals surface area contributed by atoms with Crippen LogP contribution in [-0.4, -0.2) is 17.6 Å². The van der Waals surface area contributed by atoms with Crippen molar-refractivity contribution in [2.24, 2.45) is 5.92 Å². The summed E-state index contributed by atoms with van der Waals surface area (Å²) in [6.45, 7) is 4.60. The van der Waals surface area contributed by atoms with Gasteiger partial charge in [-0.1, -0.05) is 56.3 Å². The molecule has 0 heterocycles. The van der Waals surface area contributed by atoms with Crippen LogP contribution < -0.4 is 15.4 Å². The van der Waals surface area contributed by atoms with Crippen LogP contribution in [0.25, 0.3) is 0 Å². The van der Waals surface area contributed by atoms with Gasteiger partial charge in [-0.3, -0.25) is 4.79 Å². The van der Waals surface area contributed by atoms with Gasteiger partial charge in [0.25, 0.3) is 0 Å². The maximum Gasteiger partial charge on any atom is 0.226 e. The van der Waals surface area contributed by atoms with Crippen molar-refractivity contribution in [3.63, 3.8) is 0 Å².